The summed E-state index contributed by atoms with van der Waals surface area (Å²) in [6, 6.07) is 3.47. The van der Waals surface area contributed by atoms with E-state index in [2.05, 4.69) is 24.5 Å². The largest absolute Gasteiger partial charge is 0.419 e. The van der Waals surface area contributed by atoms with Crippen molar-refractivity contribution in [1.82, 2.24) is 9.97 Å². The van der Waals surface area contributed by atoms with Crippen molar-refractivity contribution in [1.29, 1.82) is 0 Å². The van der Waals surface area contributed by atoms with Crippen LogP contribution in [0.2, 0.25) is 0 Å². The molecule has 1 atom stereocenters. The van der Waals surface area contributed by atoms with Crippen LogP contribution in [-0.2, 0) is 21.4 Å². The maximum Gasteiger partial charge on any atom is 0.419 e. The Kier molecular flexibility index (Phi) is 8.04. The SMILES string of the molecule is COS(=O)c1ccc(Nc2ncc(C(F)(F)F)c(/C(C=NCC(C)(C)O)=C/N)n2)c(F)c1. The van der Waals surface area contributed by atoms with Crippen molar-refractivity contribution in [2.24, 2.45) is 10.7 Å². The highest BCUT2D eigenvalue weighted by Gasteiger charge is 2.36. The molecule has 0 aliphatic carbocycles. The highest BCUT2D eigenvalue weighted by Crippen LogP contribution is 2.34. The summed E-state index contributed by atoms with van der Waals surface area (Å²) in [6.45, 7) is 2.86. The molecule has 32 heavy (non-hydrogen) atoms. The number of benzene rings is 1. The van der Waals surface area contributed by atoms with Crippen LogP contribution in [-0.4, -0.2) is 44.8 Å². The summed E-state index contributed by atoms with van der Waals surface area (Å²) in [7, 11) is 1.19. The summed E-state index contributed by atoms with van der Waals surface area (Å²) in [5.74, 6) is -1.19. The smallest absolute Gasteiger partial charge is 0.404 e. The first-order chi connectivity index (χ1) is 14.9. The molecule has 13 heteroatoms. The predicted molar refractivity (Wildman–Crippen MR) is 112 cm³/mol. The van der Waals surface area contributed by atoms with Crippen molar-refractivity contribution in [2.75, 3.05) is 19.0 Å². The van der Waals surface area contributed by atoms with Gasteiger partial charge in [0, 0.05) is 24.2 Å². The Hall–Kier alpha value is -2.90. The van der Waals surface area contributed by atoms with Crippen LogP contribution in [0.1, 0.15) is 25.1 Å². The molecule has 0 bridgehead atoms. The summed E-state index contributed by atoms with van der Waals surface area (Å²) < 4.78 is 71.0. The molecular formula is C19H21F4N5O3S. The topological polar surface area (TPSA) is 123 Å². The summed E-state index contributed by atoms with van der Waals surface area (Å²) in [5.41, 5.74) is 2.19. The van der Waals surface area contributed by atoms with Gasteiger partial charge in [0.05, 0.1) is 35.5 Å². The van der Waals surface area contributed by atoms with Crippen molar-refractivity contribution < 1.29 is 31.1 Å². The fourth-order valence-corrected chi connectivity index (χ4v) is 2.91. The minimum absolute atomic E-state index is 0.0564. The molecule has 0 radical (unpaired) electrons. The molecule has 0 aliphatic rings. The van der Waals surface area contributed by atoms with Crippen LogP contribution in [0.5, 0.6) is 0 Å². The number of alkyl halides is 3. The number of nitrogens with zero attached hydrogens (tertiary/aromatic N) is 3. The van der Waals surface area contributed by atoms with Gasteiger partial charge < -0.3 is 16.2 Å². The zero-order valence-electron chi connectivity index (χ0n) is 17.3. The van der Waals surface area contributed by atoms with Crippen LogP contribution in [0, 0.1) is 5.82 Å². The second kappa shape index (κ2) is 10.1. The monoisotopic (exact) mass is 475 g/mol. The van der Waals surface area contributed by atoms with Crippen LogP contribution in [0.15, 0.2) is 40.5 Å². The molecule has 1 heterocycles. The van der Waals surface area contributed by atoms with E-state index < -0.39 is 39.9 Å². The molecule has 8 nitrogen and oxygen atoms in total. The molecule has 0 fully saturated rings. The Morgan fingerprint density at radius 3 is 2.59 bits per heavy atom. The van der Waals surface area contributed by atoms with Crippen LogP contribution in [0.4, 0.5) is 29.2 Å². The van der Waals surface area contributed by atoms with Crippen molar-refractivity contribution in [2.45, 2.75) is 30.5 Å². The van der Waals surface area contributed by atoms with E-state index in [9.17, 15) is 26.9 Å². The van der Waals surface area contributed by atoms with Crippen molar-refractivity contribution in [3.63, 3.8) is 0 Å². The molecule has 2 rings (SSSR count). The minimum atomic E-state index is -4.80. The van der Waals surface area contributed by atoms with E-state index in [0.717, 1.165) is 18.5 Å². The Morgan fingerprint density at radius 2 is 2.06 bits per heavy atom. The van der Waals surface area contributed by atoms with E-state index in [1.54, 1.807) is 0 Å². The molecule has 4 N–H and O–H groups in total. The number of nitrogens with one attached hydrogen (secondary N) is 1. The van der Waals surface area contributed by atoms with Crippen LogP contribution in [0.25, 0.3) is 5.57 Å². The van der Waals surface area contributed by atoms with E-state index in [4.69, 9.17) is 5.73 Å². The summed E-state index contributed by atoms with van der Waals surface area (Å²) >= 11 is -1.87. The number of aromatic nitrogens is 2. The van der Waals surface area contributed by atoms with Gasteiger partial charge in [0.25, 0.3) is 0 Å². The van der Waals surface area contributed by atoms with E-state index in [-0.39, 0.29) is 28.6 Å². The van der Waals surface area contributed by atoms with Gasteiger partial charge in [-0.15, -0.1) is 0 Å². The zero-order chi connectivity index (χ0) is 24.1. The van der Waals surface area contributed by atoms with E-state index in [0.29, 0.717) is 6.20 Å². The Balaban J connectivity index is 2.44. The van der Waals surface area contributed by atoms with E-state index >= 15 is 0 Å². The standard InChI is InChI=1S/C19H21F4N5O3S/c1-18(2,29)10-25-8-11(7-24)16-13(19(21,22)23)9-26-17(28-16)27-15-5-4-12(6-14(15)20)32(30)31-3/h4-9,29H,10,24H2,1-3H3,(H,26,27,28)/b11-7+,25-8?. The maximum atomic E-state index is 14.3. The number of halogens is 4. The first kappa shape index (κ1) is 25.4. The third-order valence-electron chi connectivity index (χ3n) is 3.79. The molecule has 0 amide bonds. The first-order valence-electron chi connectivity index (χ1n) is 8.97. The predicted octanol–water partition coefficient (Wildman–Crippen LogP) is 3.19. The van der Waals surface area contributed by atoms with Gasteiger partial charge >= 0.3 is 6.18 Å². The average molecular weight is 475 g/mol. The lowest BCUT2D eigenvalue weighted by molar-refractivity contribution is -0.138. The lowest BCUT2D eigenvalue weighted by Crippen LogP contribution is -2.22. The van der Waals surface area contributed by atoms with Crippen molar-refractivity contribution in [3.05, 3.63) is 47.7 Å². The number of aliphatic hydroxyl groups is 1. The fraction of sp³-hybridized carbons (Fsp3) is 0.316. The van der Waals surface area contributed by atoms with Gasteiger partial charge in [-0.2, -0.15) is 13.2 Å². The zero-order valence-corrected chi connectivity index (χ0v) is 18.1. The number of anilines is 2. The van der Waals surface area contributed by atoms with Gasteiger partial charge in [0.2, 0.25) is 5.95 Å². The molecule has 174 valence electrons. The molecule has 0 saturated carbocycles. The van der Waals surface area contributed by atoms with Gasteiger partial charge in [0.1, 0.15) is 11.4 Å². The lowest BCUT2D eigenvalue weighted by atomic mass is 10.1. The van der Waals surface area contributed by atoms with Crippen molar-refractivity contribution >= 4 is 34.5 Å². The number of aliphatic imine (C=N–C) groups is 1. The van der Waals surface area contributed by atoms with Gasteiger partial charge in [0.15, 0.2) is 11.1 Å². The van der Waals surface area contributed by atoms with Crippen LogP contribution >= 0.6 is 0 Å². The lowest BCUT2D eigenvalue weighted by Gasteiger charge is -2.15. The van der Waals surface area contributed by atoms with Crippen LogP contribution < -0.4 is 11.1 Å². The molecular weight excluding hydrogens is 454 g/mol. The highest BCUT2D eigenvalue weighted by molar-refractivity contribution is 7.80. The van der Waals surface area contributed by atoms with Gasteiger partial charge in [-0.25, -0.2) is 18.6 Å². The van der Waals surface area contributed by atoms with Crippen LogP contribution in [0.3, 0.4) is 0 Å². The molecule has 0 saturated heterocycles. The molecule has 1 aromatic carbocycles. The Labute approximate surface area is 183 Å². The molecule has 0 aliphatic heterocycles. The second-order valence-corrected chi connectivity index (χ2v) is 8.30. The number of allylic oxidation sites excluding steroid dienone is 1. The molecule has 2 aromatic rings. The molecule has 1 aromatic heterocycles. The highest BCUT2D eigenvalue weighted by atomic mass is 32.2. The van der Waals surface area contributed by atoms with Gasteiger partial charge in [-0.3, -0.25) is 9.18 Å². The summed E-state index contributed by atoms with van der Waals surface area (Å²) in [6.07, 6.45) is -2.34. The quantitative estimate of drug-likeness (QED) is 0.396. The average Bonchev–Trinajstić information content (AvgIpc) is 2.70. The number of rotatable bonds is 8. The summed E-state index contributed by atoms with van der Waals surface area (Å²) in [4.78, 5) is 11.4. The fourth-order valence-electron chi connectivity index (χ4n) is 2.34. The summed E-state index contributed by atoms with van der Waals surface area (Å²) in [5, 5.41) is 12.2. The Bertz CT molecular complexity index is 1050. The normalized spacial score (nSPS) is 14.1. The van der Waals surface area contributed by atoms with Gasteiger partial charge in [-0.05, 0) is 32.0 Å². The van der Waals surface area contributed by atoms with Crippen molar-refractivity contribution in [3.8, 4) is 0 Å². The maximum absolute atomic E-state index is 14.3. The first-order valence-corrected chi connectivity index (χ1v) is 10.0. The second-order valence-electron chi connectivity index (χ2n) is 7.03. The number of nitrogens with two attached hydrogens (primary N) is 1. The van der Waals surface area contributed by atoms with E-state index in [1.165, 1.54) is 33.1 Å². The number of hydrogen-bond acceptors (Lipinski definition) is 8. The van der Waals surface area contributed by atoms with Gasteiger partial charge in [-0.1, -0.05) is 0 Å². The molecule has 0 spiro atoms. The minimum Gasteiger partial charge on any atom is -0.404 e. The third-order valence-corrected chi connectivity index (χ3v) is 4.73. The number of hydrogen-bond donors (Lipinski definition) is 3. The molecule has 1 unspecified atom stereocenters. The Morgan fingerprint density at radius 1 is 1.38 bits per heavy atom. The third kappa shape index (κ3) is 6.80. The van der Waals surface area contributed by atoms with E-state index in [1.807, 2.05) is 0 Å².